The van der Waals surface area contributed by atoms with E-state index in [1.54, 1.807) is 0 Å². The highest BCUT2D eigenvalue weighted by molar-refractivity contribution is 5.75. The van der Waals surface area contributed by atoms with Gasteiger partial charge in [0, 0.05) is 7.11 Å². The zero-order chi connectivity index (χ0) is 8.08. The molecule has 0 bridgehead atoms. The first-order chi connectivity index (χ1) is 3.94. The lowest BCUT2D eigenvalue weighted by Gasteiger charge is -2.07. The Kier molecular flexibility index (Phi) is 5.34. The average Bonchev–Trinajstić information content (AvgIpc) is 1.69. The fourth-order valence-corrected chi connectivity index (χ4v) is 0. The first-order valence-electron chi connectivity index (χ1n) is 2.35. The third-order valence-corrected chi connectivity index (χ3v) is 0.523. The SMILES string of the molecule is CC(C)(O)C(=O)O.CO. The highest BCUT2D eigenvalue weighted by Gasteiger charge is 2.21. The zero-order valence-corrected chi connectivity index (χ0v) is 5.75. The summed E-state index contributed by atoms with van der Waals surface area (Å²) in [6.45, 7) is 2.44. The third kappa shape index (κ3) is 7.39. The number of carboxylic acid groups (broad SMARTS) is 1. The normalized spacial score (nSPS) is 9.44. The number of rotatable bonds is 1. The molecule has 56 valence electrons. The first-order valence-corrected chi connectivity index (χ1v) is 2.35. The van der Waals surface area contributed by atoms with Crippen LogP contribution in [0.15, 0.2) is 0 Å². The molecule has 0 unspecified atom stereocenters. The topological polar surface area (TPSA) is 77.8 Å². The van der Waals surface area contributed by atoms with Gasteiger partial charge in [-0.15, -0.1) is 0 Å². The van der Waals surface area contributed by atoms with Gasteiger partial charge in [0.05, 0.1) is 0 Å². The monoisotopic (exact) mass is 136 g/mol. The Hall–Kier alpha value is -0.610. The number of aliphatic hydroxyl groups is 2. The Morgan fingerprint density at radius 3 is 1.44 bits per heavy atom. The molecule has 0 saturated carbocycles. The summed E-state index contributed by atoms with van der Waals surface area (Å²) in [5, 5.41) is 23.5. The van der Waals surface area contributed by atoms with E-state index in [1.165, 1.54) is 13.8 Å². The molecule has 9 heavy (non-hydrogen) atoms. The van der Waals surface area contributed by atoms with Gasteiger partial charge in [0.25, 0.3) is 0 Å². The summed E-state index contributed by atoms with van der Waals surface area (Å²) in [5.74, 6) is -1.20. The minimum absolute atomic E-state index is 1.00. The van der Waals surface area contributed by atoms with Crippen molar-refractivity contribution in [1.29, 1.82) is 0 Å². The molecule has 3 N–H and O–H groups in total. The molecule has 0 aromatic rings. The Morgan fingerprint density at radius 1 is 1.33 bits per heavy atom. The molecule has 0 heterocycles. The average molecular weight is 136 g/mol. The fourth-order valence-electron chi connectivity index (χ4n) is 0. The molecule has 4 nitrogen and oxygen atoms in total. The van der Waals surface area contributed by atoms with Crippen LogP contribution in [0, 0.1) is 0 Å². The molecule has 0 spiro atoms. The van der Waals surface area contributed by atoms with E-state index in [4.69, 9.17) is 15.3 Å². The third-order valence-electron chi connectivity index (χ3n) is 0.523. The molecule has 0 radical (unpaired) electrons. The van der Waals surface area contributed by atoms with Gasteiger partial charge in [-0.1, -0.05) is 0 Å². The molecule has 0 aromatic heterocycles. The maximum Gasteiger partial charge on any atom is 0.335 e. The van der Waals surface area contributed by atoms with Crippen LogP contribution < -0.4 is 0 Å². The largest absolute Gasteiger partial charge is 0.479 e. The van der Waals surface area contributed by atoms with Crippen LogP contribution >= 0.6 is 0 Å². The summed E-state index contributed by atoms with van der Waals surface area (Å²) >= 11 is 0. The summed E-state index contributed by atoms with van der Waals surface area (Å²) in [6, 6.07) is 0. The number of aliphatic hydroxyl groups excluding tert-OH is 1. The van der Waals surface area contributed by atoms with Crippen LogP contribution in [0.25, 0.3) is 0 Å². The van der Waals surface area contributed by atoms with Crippen LogP contribution in [0.4, 0.5) is 0 Å². The molecule has 4 heteroatoms. The van der Waals surface area contributed by atoms with Crippen molar-refractivity contribution >= 4 is 5.97 Å². The maximum absolute atomic E-state index is 9.77. The number of hydrogen-bond acceptors (Lipinski definition) is 3. The van der Waals surface area contributed by atoms with Gasteiger partial charge in [-0.2, -0.15) is 0 Å². The van der Waals surface area contributed by atoms with E-state index in [9.17, 15) is 4.79 Å². The number of carboxylic acids is 1. The molecule has 0 atom stereocenters. The van der Waals surface area contributed by atoms with E-state index < -0.39 is 11.6 Å². The van der Waals surface area contributed by atoms with Crippen LogP contribution in [0.2, 0.25) is 0 Å². The molecule has 0 rings (SSSR count). The van der Waals surface area contributed by atoms with Gasteiger partial charge >= 0.3 is 5.97 Å². The zero-order valence-electron chi connectivity index (χ0n) is 5.75. The standard InChI is InChI=1S/C4H8O3.CH4O/c1-4(2,7)3(5)6;1-2/h7H,1-2H3,(H,5,6);2H,1H3. The second-order valence-corrected chi connectivity index (χ2v) is 1.86. The summed E-state index contributed by atoms with van der Waals surface area (Å²) in [6.07, 6.45) is 0. The molecule has 0 aliphatic rings. The lowest BCUT2D eigenvalue weighted by atomic mass is 10.1. The van der Waals surface area contributed by atoms with Crippen LogP contribution in [0.5, 0.6) is 0 Å². The molecule has 0 amide bonds. The highest BCUT2D eigenvalue weighted by Crippen LogP contribution is 1.97. The van der Waals surface area contributed by atoms with Crippen LogP contribution in [0.1, 0.15) is 13.8 Å². The lowest BCUT2D eigenvalue weighted by molar-refractivity contribution is -0.154. The van der Waals surface area contributed by atoms with Gasteiger partial charge in [-0.05, 0) is 13.8 Å². The van der Waals surface area contributed by atoms with Gasteiger partial charge in [0.15, 0.2) is 5.60 Å². The van der Waals surface area contributed by atoms with Crippen molar-refractivity contribution < 1.29 is 20.1 Å². The smallest absolute Gasteiger partial charge is 0.335 e. The van der Waals surface area contributed by atoms with E-state index >= 15 is 0 Å². The van der Waals surface area contributed by atoms with Crippen molar-refractivity contribution in [1.82, 2.24) is 0 Å². The van der Waals surface area contributed by atoms with Crippen molar-refractivity contribution in [3.63, 3.8) is 0 Å². The predicted octanol–water partition coefficient (Wildman–Crippen LogP) is -0.550. The number of aliphatic carboxylic acids is 1. The minimum atomic E-state index is -1.58. The quantitative estimate of drug-likeness (QED) is 0.452. The Bertz CT molecular complexity index is 81.4. The summed E-state index contributed by atoms with van der Waals surface area (Å²) in [4.78, 5) is 9.77. The van der Waals surface area contributed by atoms with E-state index in [2.05, 4.69) is 0 Å². The molecule has 0 aromatic carbocycles. The predicted molar refractivity (Wildman–Crippen MR) is 32.1 cm³/mol. The molecule has 0 saturated heterocycles. The second-order valence-electron chi connectivity index (χ2n) is 1.86. The van der Waals surface area contributed by atoms with Crippen molar-refractivity contribution in [3.05, 3.63) is 0 Å². The maximum atomic E-state index is 9.77. The Labute approximate surface area is 53.7 Å². The van der Waals surface area contributed by atoms with Crippen LogP contribution in [0.3, 0.4) is 0 Å². The van der Waals surface area contributed by atoms with Crippen molar-refractivity contribution in [2.24, 2.45) is 0 Å². The van der Waals surface area contributed by atoms with Gasteiger partial charge < -0.3 is 15.3 Å². The molecule has 0 aliphatic carbocycles. The van der Waals surface area contributed by atoms with E-state index in [-0.39, 0.29) is 0 Å². The summed E-state index contributed by atoms with van der Waals surface area (Å²) in [7, 11) is 1.00. The highest BCUT2D eigenvalue weighted by atomic mass is 16.4. The van der Waals surface area contributed by atoms with Gasteiger partial charge in [0.1, 0.15) is 0 Å². The second kappa shape index (κ2) is 4.29. The van der Waals surface area contributed by atoms with Crippen LogP contribution in [-0.2, 0) is 4.79 Å². The van der Waals surface area contributed by atoms with Crippen molar-refractivity contribution in [3.8, 4) is 0 Å². The first kappa shape index (κ1) is 11.2. The molecule has 0 fully saturated rings. The van der Waals surface area contributed by atoms with E-state index in [1.807, 2.05) is 0 Å². The minimum Gasteiger partial charge on any atom is -0.479 e. The van der Waals surface area contributed by atoms with E-state index in [0.29, 0.717) is 0 Å². The summed E-state index contributed by atoms with van der Waals surface area (Å²) in [5.41, 5.74) is -1.58. The fraction of sp³-hybridized carbons (Fsp3) is 0.800. The van der Waals surface area contributed by atoms with E-state index in [0.717, 1.165) is 7.11 Å². The van der Waals surface area contributed by atoms with Gasteiger partial charge in [-0.3, -0.25) is 0 Å². The molecular weight excluding hydrogens is 124 g/mol. The number of carbonyl (C=O) groups is 1. The molecular formula is C5H12O4. The van der Waals surface area contributed by atoms with Gasteiger partial charge in [0.2, 0.25) is 0 Å². The van der Waals surface area contributed by atoms with Gasteiger partial charge in [-0.25, -0.2) is 4.79 Å². The van der Waals surface area contributed by atoms with Crippen LogP contribution in [-0.4, -0.2) is 34.0 Å². The summed E-state index contributed by atoms with van der Waals surface area (Å²) < 4.78 is 0. The number of hydrogen-bond donors (Lipinski definition) is 3. The van der Waals surface area contributed by atoms with Crippen molar-refractivity contribution in [2.75, 3.05) is 7.11 Å². The lowest BCUT2D eigenvalue weighted by Crippen LogP contribution is -2.30. The Balaban J connectivity index is 0. The Morgan fingerprint density at radius 2 is 1.44 bits per heavy atom. The molecule has 0 aliphatic heterocycles. The van der Waals surface area contributed by atoms with Crippen molar-refractivity contribution in [2.45, 2.75) is 19.4 Å².